The van der Waals surface area contributed by atoms with E-state index in [1.165, 1.54) is 6.42 Å². The average Bonchev–Trinajstić information content (AvgIpc) is 2.72. The predicted octanol–water partition coefficient (Wildman–Crippen LogP) is 2.20. The Kier molecular flexibility index (Phi) is 6.47. The number of carbonyl (C=O) groups is 1. The van der Waals surface area contributed by atoms with E-state index >= 15 is 0 Å². The van der Waals surface area contributed by atoms with Gasteiger partial charge in [0, 0.05) is 31.7 Å². The Morgan fingerprint density at radius 3 is 2.61 bits per heavy atom. The van der Waals surface area contributed by atoms with Gasteiger partial charge in [-0.1, -0.05) is 13.8 Å². The second kappa shape index (κ2) is 7.62. The molecule has 1 atom stereocenters. The summed E-state index contributed by atoms with van der Waals surface area (Å²) in [4.78, 5) is 14.1. The molecule has 1 unspecified atom stereocenters. The van der Waals surface area contributed by atoms with Gasteiger partial charge in [-0.15, -0.1) is 0 Å². The van der Waals surface area contributed by atoms with Gasteiger partial charge in [0.2, 0.25) is 0 Å². The lowest BCUT2D eigenvalue weighted by molar-refractivity contribution is 0.233. The van der Waals surface area contributed by atoms with Crippen molar-refractivity contribution in [2.45, 2.75) is 59.0 Å². The lowest BCUT2D eigenvalue weighted by Gasteiger charge is -2.20. The molecule has 1 aliphatic heterocycles. The van der Waals surface area contributed by atoms with Crippen molar-refractivity contribution >= 4 is 6.03 Å². The molecule has 0 radical (unpaired) electrons. The van der Waals surface area contributed by atoms with Crippen LogP contribution in [0.3, 0.4) is 0 Å². The van der Waals surface area contributed by atoms with Crippen LogP contribution in [0.5, 0.6) is 0 Å². The maximum Gasteiger partial charge on any atom is 0.315 e. The normalized spacial score (nSPS) is 20.7. The minimum atomic E-state index is -0.00522. The number of hydrogen-bond acceptors (Lipinski definition) is 2. The van der Waals surface area contributed by atoms with Gasteiger partial charge in [0.1, 0.15) is 0 Å². The van der Waals surface area contributed by atoms with Crippen molar-refractivity contribution in [1.29, 1.82) is 0 Å². The zero-order valence-corrected chi connectivity index (χ0v) is 12.3. The Labute approximate surface area is 111 Å². The predicted molar refractivity (Wildman–Crippen MR) is 75.7 cm³/mol. The molecule has 1 saturated heterocycles. The van der Waals surface area contributed by atoms with Crippen LogP contribution in [0.4, 0.5) is 4.79 Å². The van der Waals surface area contributed by atoms with Gasteiger partial charge in [0.15, 0.2) is 0 Å². The molecule has 0 bridgehead atoms. The van der Waals surface area contributed by atoms with Crippen LogP contribution >= 0.6 is 0 Å². The van der Waals surface area contributed by atoms with Crippen molar-refractivity contribution < 1.29 is 4.79 Å². The van der Waals surface area contributed by atoms with Crippen LogP contribution in [0.15, 0.2) is 0 Å². The second-order valence-electron chi connectivity index (χ2n) is 6.01. The number of nitrogens with one attached hydrogen (secondary N) is 2. The molecule has 1 rings (SSSR count). The lowest BCUT2D eigenvalue weighted by Crippen LogP contribution is -2.44. The first-order valence-electron chi connectivity index (χ1n) is 7.27. The molecule has 2 N–H and O–H groups in total. The van der Waals surface area contributed by atoms with Gasteiger partial charge in [-0.3, -0.25) is 4.90 Å². The van der Waals surface area contributed by atoms with Gasteiger partial charge < -0.3 is 10.6 Å². The average molecular weight is 255 g/mol. The quantitative estimate of drug-likeness (QED) is 0.715. The maximum atomic E-state index is 11.7. The van der Waals surface area contributed by atoms with Crippen LogP contribution in [-0.4, -0.2) is 42.6 Å². The summed E-state index contributed by atoms with van der Waals surface area (Å²) in [5.74, 6) is 0.712. The van der Waals surface area contributed by atoms with E-state index < -0.39 is 0 Å². The first-order chi connectivity index (χ1) is 8.49. The molecule has 0 aliphatic carbocycles. The van der Waals surface area contributed by atoms with Crippen LogP contribution in [0.1, 0.15) is 47.0 Å². The Morgan fingerprint density at radius 1 is 1.33 bits per heavy atom. The zero-order chi connectivity index (χ0) is 13.5. The van der Waals surface area contributed by atoms with Crippen molar-refractivity contribution in [2.75, 3.05) is 19.6 Å². The molecule has 1 fully saturated rings. The molecule has 0 aromatic carbocycles. The number of hydrogen-bond donors (Lipinski definition) is 2. The maximum absolute atomic E-state index is 11.7. The summed E-state index contributed by atoms with van der Waals surface area (Å²) in [6, 6.07) is 0.887. The van der Waals surface area contributed by atoms with Crippen molar-refractivity contribution in [1.82, 2.24) is 15.5 Å². The number of carbonyl (C=O) groups excluding carboxylic acids is 1. The molecule has 1 aliphatic rings. The molecule has 18 heavy (non-hydrogen) atoms. The Hall–Kier alpha value is -0.770. The number of likely N-dealkylation sites (tertiary alicyclic amines) is 1. The fraction of sp³-hybridized carbons (Fsp3) is 0.929. The summed E-state index contributed by atoms with van der Waals surface area (Å²) in [6.07, 6.45) is 3.30. The molecule has 0 aromatic rings. The number of nitrogens with zero attached hydrogens (tertiary/aromatic N) is 1. The van der Waals surface area contributed by atoms with Crippen LogP contribution in [0, 0.1) is 5.92 Å². The fourth-order valence-corrected chi connectivity index (χ4v) is 2.32. The highest BCUT2D eigenvalue weighted by Gasteiger charge is 2.24. The molecular weight excluding hydrogens is 226 g/mol. The molecule has 1 heterocycles. The molecule has 106 valence electrons. The van der Waals surface area contributed by atoms with Crippen molar-refractivity contribution in [3.8, 4) is 0 Å². The lowest BCUT2D eigenvalue weighted by atomic mass is 10.1. The van der Waals surface area contributed by atoms with E-state index in [1.807, 2.05) is 0 Å². The molecule has 4 heteroatoms. The Morgan fingerprint density at radius 2 is 2.06 bits per heavy atom. The molecular formula is C14H29N3O. The Balaban J connectivity index is 2.10. The third-order valence-electron chi connectivity index (χ3n) is 3.53. The van der Waals surface area contributed by atoms with E-state index in [4.69, 9.17) is 0 Å². The summed E-state index contributed by atoms with van der Waals surface area (Å²) < 4.78 is 0. The minimum Gasteiger partial charge on any atom is -0.338 e. The summed E-state index contributed by atoms with van der Waals surface area (Å²) >= 11 is 0. The molecule has 0 spiro atoms. The first kappa shape index (κ1) is 15.3. The summed E-state index contributed by atoms with van der Waals surface area (Å²) in [7, 11) is 0. The molecule has 4 nitrogen and oxygen atoms in total. The molecule has 0 saturated carbocycles. The standard InChI is InChI=1S/C14H29N3O/c1-11(2)6-5-8-15-14(18)16-13-7-9-17(10-13)12(3)4/h11-13H,5-10H2,1-4H3,(H2,15,16,18). The van der Waals surface area contributed by atoms with Crippen molar-refractivity contribution in [3.05, 3.63) is 0 Å². The number of urea groups is 1. The smallest absolute Gasteiger partial charge is 0.315 e. The minimum absolute atomic E-state index is 0.00522. The first-order valence-corrected chi connectivity index (χ1v) is 7.27. The van der Waals surface area contributed by atoms with E-state index in [0.29, 0.717) is 18.0 Å². The number of amides is 2. The molecule has 2 amide bonds. The van der Waals surface area contributed by atoms with Gasteiger partial charge in [-0.05, 0) is 39.0 Å². The topological polar surface area (TPSA) is 44.4 Å². The molecule has 0 aromatic heterocycles. The summed E-state index contributed by atoms with van der Waals surface area (Å²) in [5, 5.41) is 6.00. The third-order valence-corrected chi connectivity index (χ3v) is 3.53. The van der Waals surface area contributed by atoms with E-state index in [-0.39, 0.29) is 6.03 Å². The van der Waals surface area contributed by atoms with Gasteiger partial charge >= 0.3 is 6.03 Å². The van der Waals surface area contributed by atoms with E-state index in [1.54, 1.807) is 0 Å². The van der Waals surface area contributed by atoms with Gasteiger partial charge in [0.25, 0.3) is 0 Å². The summed E-state index contributed by atoms with van der Waals surface area (Å²) in [5.41, 5.74) is 0. The van der Waals surface area contributed by atoms with E-state index in [9.17, 15) is 4.79 Å². The van der Waals surface area contributed by atoms with Gasteiger partial charge in [-0.2, -0.15) is 0 Å². The van der Waals surface area contributed by atoms with Crippen molar-refractivity contribution in [3.63, 3.8) is 0 Å². The van der Waals surface area contributed by atoms with E-state index in [2.05, 4.69) is 43.2 Å². The van der Waals surface area contributed by atoms with Crippen LogP contribution in [-0.2, 0) is 0 Å². The highest BCUT2D eigenvalue weighted by molar-refractivity contribution is 5.74. The largest absolute Gasteiger partial charge is 0.338 e. The van der Waals surface area contributed by atoms with Crippen LogP contribution in [0.2, 0.25) is 0 Å². The van der Waals surface area contributed by atoms with Crippen molar-refractivity contribution in [2.24, 2.45) is 5.92 Å². The zero-order valence-electron chi connectivity index (χ0n) is 12.3. The Bertz CT molecular complexity index is 253. The van der Waals surface area contributed by atoms with Gasteiger partial charge in [0.05, 0.1) is 0 Å². The van der Waals surface area contributed by atoms with Crippen LogP contribution in [0.25, 0.3) is 0 Å². The third kappa shape index (κ3) is 5.71. The highest BCUT2D eigenvalue weighted by Crippen LogP contribution is 2.12. The van der Waals surface area contributed by atoms with Crippen LogP contribution < -0.4 is 10.6 Å². The SMILES string of the molecule is CC(C)CCCNC(=O)NC1CCN(C(C)C)C1. The fourth-order valence-electron chi connectivity index (χ4n) is 2.32. The summed E-state index contributed by atoms with van der Waals surface area (Å²) in [6.45, 7) is 11.7. The number of rotatable bonds is 6. The highest BCUT2D eigenvalue weighted by atomic mass is 16.2. The monoisotopic (exact) mass is 255 g/mol. The van der Waals surface area contributed by atoms with Gasteiger partial charge in [-0.25, -0.2) is 4.79 Å². The van der Waals surface area contributed by atoms with E-state index in [0.717, 1.165) is 32.5 Å². The second-order valence-corrected chi connectivity index (χ2v) is 6.01.